The number of phenols is 1. The van der Waals surface area contributed by atoms with Crippen molar-refractivity contribution in [2.24, 2.45) is 10.2 Å². The van der Waals surface area contributed by atoms with Gasteiger partial charge in [0.2, 0.25) is 0 Å². The van der Waals surface area contributed by atoms with Gasteiger partial charge in [0.15, 0.2) is 0 Å². The SMILES string of the molecule is CC(C)(C)c1cc(N=Nc2cc(F)cc(F)c2)c(O)c(C(C)(C)C)c1. The lowest BCUT2D eigenvalue weighted by Crippen LogP contribution is -2.16. The quantitative estimate of drug-likeness (QED) is 0.606. The summed E-state index contributed by atoms with van der Waals surface area (Å²) in [6, 6.07) is 6.66. The second-order valence-electron chi connectivity index (χ2n) is 8.22. The molecule has 0 aliphatic rings. The molecule has 134 valence electrons. The molecule has 2 aromatic rings. The van der Waals surface area contributed by atoms with Gasteiger partial charge < -0.3 is 5.11 Å². The third-order valence-electron chi connectivity index (χ3n) is 3.88. The van der Waals surface area contributed by atoms with Crippen molar-refractivity contribution >= 4 is 11.4 Å². The van der Waals surface area contributed by atoms with Gasteiger partial charge in [0, 0.05) is 23.8 Å². The van der Waals surface area contributed by atoms with Crippen LogP contribution in [0, 0.1) is 11.6 Å². The van der Waals surface area contributed by atoms with Crippen LogP contribution in [0.3, 0.4) is 0 Å². The molecule has 0 saturated heterocycles. The number of azo groups is 1. The molecule has 0 aliphatic carbocycles. The van der Waals surface area contributed by atoms with Crippen LogP contribution < -0.4 is 0 Å². The summed E-state index contributed by atoms with van der Waals surface area (Å²) in [5.74, 6) is -1.42. The van der Waals surface area contributed by atoms with Gasteiger partial charge >= 0.3 is 0 Å². The Balaban J connectivity index is 2.58. The topological polar surface area (TPSA) is 45.0 Å². The van der Waals surface area contributed by atoms with Crippen LogP contribution in [0.15, 0.2) is 40.6 Å². The fourth-order valence-electron chi connectivity index (χ4n) is 2.41. The lowest BCUT2D eigenvalue weighted by atomic mass is 9.80. The van der Waals surface area contributed by atoms with E-state index in [4.69, 9.17) is 0 Å². The van der Waals surface area contributed by atoms with Crippen LogP contribution in [-0.2, 0) is 10.8 Å². The smallest absolute Gasteiger partial charge is 0.146 e. The molecule has 0 unspecified atom stereocenters. The van der Waals surface area contributed by atoms with E-state index in [0.29, 0.717) is 0 Å². The first-order valence-corrected chi connectivity index (χ1v) is 8.14. The number of rotatable bonds is 2. The molecule has 0 fully saturated rings. The average molecular weight is 346 g/mol. The predicted molar refractivity (Wildman–Crippen MR) is 96.0 cm³/mol. The summed E-state index contributed by atoms with van der Waals surface area (Å²) < 4.78 is 26.6. The largest absolute Gasteiger partial charge is 0.505 e. The Morgan fingerprint density at radius 3 is 1.80 bits per heavy atom. The lowest BCUT2D eigenvalue weighted by molar-refractivity contribution is 0.446. The molecule has 25 heavy (non-hydrogen) atoms. The monoisotopic (exact) mass is 346 g/mol. The zero-order chi connectivity index (χ0) is 19.0. The van der Waals surface area contributed by atoms with Crippen LogP contribution in [0.5, 0.6) is 5.75 Å². The Morgan fingerprint density at radius 1 is 0.760 bits per heavy atom. The molecule has 2 aromatic carbocycles. The maximum Gasteiger partial charge on any atom is 0.146 e. The summed E-state index contributed by atoms with van der Waals surface area (Å²) in [5, 5.41) is 18.5. The van der Waals surface area contributed by atoms with Crippen molar-refractivity contribution in [2.45, 2.75) is 52.4 Å². The Labute approximate surface area is 147 Å². The number of aromatic hydroxyl groups is 1. The zero-order valence-corrected chi connectivity index (χ0v) is 15.5. The number of hydrogen-bond acceptors (Lipinski definition) is 3. The number of phenolic OH excluding ortho intramolecular Hbond substituents is 1. The third-order valence-corrected chi connectivity index (χ3v) is 3.88. The molecule has 1 N–H and O–H groups in total. The minimum Gasteiger partial charge on any atom is -0.505 e. The molecule has 3 nitrogen and oxygen atoms in total. The molecule has 0 radical (unpaired) electrons. The molecule has 0 spiro atoms. The fourth-order valence-corrected chi connectivity index (χ4v) is 2.41. The van der Waals surface area contributed by atoms with Crippen molar-refractivity contribution in [3.8, 4) is 5.75 Å². The highest BCUT2D eigenvalue weighted by Crippen LogP contribution is 2.42. The fraction of sp³-hybridized carbons (Fsp3) is 0.400. The number of nitrogens with zero attached hydrogens (tertiary/aromatic N) is 2. The normalized spacial score (nSPS) is 12.8. The minimum atomic E-state index is -0.725. The molecule has 0 atom stereocenters. The van der Waals surface area contributed by atoms with Gasteiger partial charge in [-0.2, -0.15) is 5.11 Å². The van der Waals surface area contributed by atoms with Crippen molar-refractivity contribution in [2.75, 3.05) is 0 Å². The maximum absolute atomic E-state index is 13.3. The molecule has 0 aliphatic heterocycles. The van der Waals surface area contributed by atoms with Gasteiger partial charge in [-0.15, -0.1) is 5.11 Å². The summed E-state index contributed by atoms with van der Waals surface area (Å²) in [5.41, 5.74) is 1.63. The van der Waals surface area contributed by atoms with Gasteiger partial charge in [-0.3, -0.25) is 0 Å². The van der Waals surface area contributed by atoms with Crippen molar-refractivity contribution in [3.05, 3.63) is 53.1 Å². The van der Waals surface area contributed by atoms with Crippen LogP contribution in [0.2, 0.25) is 0 Å². The minimum absolute atomic E-state index is 0.0288. The van der Waals surface area contributed by atoms with E-state index in [1.807, 2.05) is 26.8 Å². The van der Waals surface area contributed by atoms with Gasteiger partial charge in [-0.1, -0.05) is 47.6 Å². The van der Waals surface area contributed by atoms with E-state index in [1.54, 1.807) is 6.07 Å². The Kier molecular flexibility index (Phi) is 4.98. The average Bonchev–Trinajstić information content (AvgIpc) is 2.42. The molecule has 2 rings (SSSR count). The van der Waals surface area contributed by atoms with Crippen LogP contribution in [-0.4, -0.2) is 5.11 Å². The lowest BCUT2D eigenvalue weighted by Gasteiger charge is -2.26. The standard InChI is InChI=1S/C20H24F2N2O/c1-19(2,3)12-7-16(20(4,5)6)18(25)17(8-12)24-23-15-10-13(21)9-14(22)11-15/h7-11,25H,1-6H3. The van der Waals surface area contributed by atoms with Gasteiger partial charge in [0.1, 0.15) is 23.1 Å². The van der Waals surface area contributed by atoms with Crippen LogP contribution in [0.1, 0.15) is 52.7 Å². The first-order valence-electron chi connectivity index (χ1n) is 8.14. The summed E-state index contributed by atoms with van der Waals surface area (Å²) in [7, 11) is 0. The van der Waals surface area contributed by atoms with Crippen LogP contribution >= 0.6 is 0 Å². The molecule has 0 amide bonds. The molecule has 0 saturated carbocycles. The van der Waals surface area contributed by atoms with Gasteiger partial charge in [-0.05, 0) is 22.5 Å². The van der Waals surface area contributed by atoms with E-state index in [1.165, 1.54) is 0 Å². The van der Waals surface area contributed by atoms with E-state index in [2.05, 4.69) is 31.0 Å². The number of benzene rings is 2. The summed E-state index contributed by atoms with van der Waals surface area (Å²) >= 11 is 0. The van der Waals surface area contributed by atoms with Gasteiger partial charge in [-0.25, -0.2) is 8.78 Å². The first kappa shape index (κ1) is 19.0. The Hall–Kier alpha value is -2.30. The van der Waals surface area contributed by atoms with Crippen molar-refractivity contribution in [1.82, 2.24) is 0 Å². The molecule has 0 bridgehead atoms. The van der Waals surface area contributed by atoms with E-state index >= 15 is 0 Å². The zero-order valence-electron chi connectivity index (χ0n) is 15.5. The van der Waals surface area contributed by atoms with Crippen molar-refractivity contribution < 1.29 is 13.9 Å². The highest BCUT2D eigenvalue weighted by Gasteiger charge is 2.25. The van der Waals surface area contributed by atoms with E-state index in [0.717, 1.165) is 29.3 Å². The van der Waals surface area contributed by atoms with E-state index in [9.17, 15) is 13.9 Å². The maximum atomic E-state index is 13.3. The summed E-state index contributed by atoms with van der Waals surface area (Å²) in [4.78, 5) is 0. The first-order chi connectivity index (χ1) is 11.4. The molecule has 0 heterocycles. The molecular formula is C20H24F2N2O. The second-order valence-corrected chi connectivity index (χ2v) is 8.22. The Morgan fingerprint density at radius 2 is 1.32 bits per heavy atom. The summed E-state index contributed by atoms with van der Waals surface area (Å²) in [6.07, 6.45) is 0. The Bertz CT molecular complexity index is 795. The molecular weight excluding hydrogens is 322 g/mol. The predicted octanol–water partition coefficient (Wildman–Crippen LogP) is 6.68. The van der Waals surface area contributed by atoms with Gasteiger partial charge in [0.25, 0.3) is 0 Å². The highest BCUT2D eigenvalue weighted by atomic mass is 19.1. The van der Waals surface area contributed by atoms with Gasteiger partial charge in [0.05, 0.1) is 5.69 Å². The molecule has 5 heteroatoms. The van der Waals surface area contributed by atoms with Crippen LogP contribution in [0.25, 0.3) is 0 Å². The van der Waals surface area contributed by atoms with Crippen molar-refractivity contribution in [1.29, 1.82) is 0 Å². The number of hydrogen-bond donors (Lipinski definition) is 1. The van der Waals surface area contributed by atoms with E-state index < -0.39 is 11.6 Å². The van der Waals surface area contributed by atoms with Crippen LogP contribution in [0.4, 0.5) is 20.2 Å². The highest BCUT2D eigenvalue weighted by molar-refractivity contribution is 5.60. The molecule has 0 aromatic heterocycles. The number of halogens is 2. The van der Waals surface area contributed by atoms with Crippen molar-refractivity contribution in [3.63, 3.8) is 0 Å². The van der Waals surface area contributed by atoms with E-state index in [-0.39, 0.29) is 28.0 Å². The summed E-state index contributed by atoms with van der Waals surface area (Å²) in [6.45, 7) is 12.2. The second kappa shape index (κ2) is 6.54. The third kappa shape index (κ3) is 4.62.